The molecule has 1 aliphatic heterocycles. The summed E-state index contributed by atoms with van der Waals surface area (Å²) in [6, 6.07) is 13.9. The Kier molecular flexibility index (Phi) is 6.80. The lowest BCUT2D eigenvalue weighted by Gasteiger charge is -2.22. The number of urea groups is 1. The number of ketones is 1. The molecule has 7 nitrogen and oxygen atoms in total. The minimum atomic E-state index is -1.42. The molecule has 2 N–H and O–H groups in total. The van der Waals surface area contributed by atoms with E-state index in [1.165, 1.54) is 10.1 Å². The van der Waals surface area contributed by atoms with E-state index in [2.05, 4.69) is 42.4 Å². The Hall–Kier alpha value is -3.13. The van der Waals surface area contributed by atoms with Gasteiger partial charge in [0.25, 0.3) is 0 Å². The van der Waals surface area contributed by atoms with Crippen LogP contribution in [-0.2, 0) is 16.0 Å². The Balaban J connectivity index is 1.79. The Morgan fingerprint density at radius 3 is 2.26 bits per heavy atom. The summed E-state index contributed by atoms with van der Waals surface area (Å²) < 4.78 is 5.19. The standard InChI is InChI=1S/C23H29N3O4Si/c1-30-18-9-7-17(8-10-18)22(25-23(29)26-14-21(28)24-15-26)20(27)13-16-5-11-19(12-6-16)31(2,3)4/h5-12,22H,13-15H2,1-4H3,(H,24,28)(H,25,29). The van der Waals surface area contributed by atoms with Gasteiger partial charge in [-0.05, 0) is 23.3 Å². The number of carbonyl (C=O) groups is 3. The number of nitrogens with zero attached hydrogens (tertiary/aromatic N) is 1. The molecule has 1 unspecified atom stereocenters. The van der Waals surface area contributed by atoms with Crippen LogP contribution < -0.4 is 20.6 Å². The van der Waals surface area contributed by atoms with E-state index < -0.39 is 20.1 Å². The summed E-state index contributed by atoms with van der Waals surface area (Å²) in [5, 5.41) is 6.72. The van der Waals surface area contributed by atoms with Crippen molar-refractivity contribution in [1.29, 1.82) is 0 Å². The average Bonchev–Trinajstić information content (AvgIpc) is 3.18. The van der Waals surface area contributed by atoms with E-state index in [0.29, 0.717) is 11.3 Å². The SMILES string of the molecule is COc1ccc(C(NC(=O)N2CNC(=O)C2)C(=O)Cc2ccc([Si](C)(C)C)cc2)cc1. The van der Waals surface area contributed by atoms with Crippen LogP contribution in [-0.4, -0.2) is 51.0 Å². The Morgan fingerprint density at radius 1 is 1.10 bits per heavy atom. The van der Waals surface area contributed by atoms with E-state index in [4.69, 9.17) is 4.74 Å². The second kappa shape index (κ2) is 9.34. The van der Waals surface area contributed by atoms with Crippen molar-refractivity contribution < 1.29 is 19.1 Å². The van der Waals surface area contributed by atoms with Crippen LogP contribution in [0.25, 0.3) is 0 Å². The Morgan fingerprint density at radius 2 is 1.74 bits per heavy atom. The number of amides is 3. The third-order valence-corrected chi connectivity index (χ3v) is 7.39. The van der Waals surface area contributed by atoms with E-state index >= 15 is 0 Å². The highest BCUT2D eigenvalue weighted by atomic mass is 28.3. The smallest absolute Gasteiger partial charge is 0.320 e. The van der Waals surface area contributed by atoms with Crippen LogP contribution in [0, 0.1) is 0 Å². The monoisotopic (exact) mass is 439 g/mol. The van der Waals surface area contributed by atoms with Gasteiger partial charge in [-0.2, -0.15) is 0 Å². The molecule has 1 atom stereocenters. The zero-order valence-electron chi connectivity index (χ0n) is 18.4. The molecule has 3 amide bonds. The number of ether oxygens (including phenoxy) is 1. The van der Waals surface area contributed by atoms with Gasteiger partial charge >= 0.3 is 6.03 Å². The third kappa shape index (κ3) is 5.73. The van der Waals surface area contributed by atoms with Crippen LogP contribution in [0.5, 0.6) is 5.75 Å². The summed E-state index contributed by atoms with van der Waals surface area (Å²) >= 11 is 0. The molecule has 0 aliphatic carbocycles. The normalized spacial score (nSPS) is 14.7. The maximum Gasteiger partial charge on any atom is 0.320 e. The molecule has 0 aromatic heterocycles. The van der Waals surface area contributed by atoms with Gasteiger partial charge in [-0.15, -0.1) is 0 Å². The molecule has 3 rings (SSSR count). The highest BCUT2D eigenvalue weighted by molar-refractivity contribution is 6.88. The van der Waals surface area contributed by atoms with Crippen molar-refractivity contribution in [3.05, 3.63) is 59.7 Å². The van der Waals surface area contributed by atoms with Gasteiger partial charge in [0, 0.05) is 6.42 Å². The molecule has 1 fully saturated rings. The number of hydrogen-bond acceptors (Lipinski definition) is 4. The van der Waals surface area contributed by atoms with E-state index in [1.807, 2.05) is 12.1 Å². The minimum Gasteiger partial charge on any atom is -0.497 e. The molecule has 0 saturated carbocycles. The van der Waals surface area contributed by atoms with E-state index in [9.17, 15) is 14.4 Å². The average molecular weight is 440 g/mol. The largest absolute Gasteiger partial charge is 0.497 e. The zero-order valence-corrected chi connectivity index (χ0v) is 19.4. The predicted octanol–water partition coefficient (Wildman–Crippen LogP) is 2.19. The first-order valence-electron chi connectivity index (χ1n) is 10.3. The molecular weight excluding hydrogens is 410 g/mol. The van der Waals surface area contributed by atoms with Gasteiger partial charge in [-0.25, -0.2) is 4.79 Å². The Labute approximate surface area is 183 Å². The van der Waals surface area contributed by atoms with Gasteiger partial charge in [0.15, 0.2) is 5.78 Å². The van der Waals surface area contributed by atoms with Crippen LogP contribution in [0.15, 0.2) is 48.5 Å². The first-order chi connectivity index (χ1) is 14.7. The second-order valence-corrected chi connectivity index (χ2v) is 13.8. The molecule has 0 radical (unpaired) electrons. The van der Waals surface area contributed by atoms with Crippen molar-refractivity contribution in [2.24, 2.45) is 0 Å². The third-order valence-electron chi connectivity index (χ3n) is 5.33. The number of methoxy groups -OCH3 is 1. The molecule has 1 aliphatic rings. The summed E-state index contributed by atoms with van der Waals surface area (Å²) in [5.74, 6) is 0.320. The highest BCUT2D eigenvalue weighted by Gasteiger charge is 2.29. The zero-order chi connectivity index (χ0) is 22.6. The number of carbonyl (C=O) groups excluding carboxylic acids is 3. The summed E-state index contributed by atoms with van der Waals surface area (Å²) in [6.45, 7) is 6.95. The van der Waals surface area contributed by atoms with Crippen molar-refractivity contribution >= 4 is 31.0 Å². The van der Waals surface area contributed by atoms with Gasteiger partial charge in [0.1, 0.15) is 18.3 Å². The van der Waals surface area contributed by atoms with Crippen LogP contribution >= 0.6 is 0 Å². The van der Waals surface area contributed by atoms with Crippen molar-refractivity contribution in [3.63, 3.8) is 0 Å². The van der Waals surface area contributed by atoms with E-state index in [-0.39, 0.29) is 31.3 Å². The van der Waals surface area contributed by atoms with Gasteiger partial charge < -0.3 is 15.4 Å². The molecule has 0 spiro atoms. The summed E-state index contributed by atoms with van der Waals surface area (Å²) in [4.78, 5) is 38.7. The maximum absolute atomic E-state index is 13.2. The van der Waals surface area contributed by atoms with Gasteiger partial charge in [-0.1, -0.05) is 61.2 Å². The quantitative estimate of drug-likeness (QED) is 0.648. The molecule has 0 bridgehead atoms. The number of Topliss-reactive ketones (excluding diaryl/α,β-unsaturated/α-hetero) is 1. The van der Waals surface area contributed by atoms with E-state index in [0.717, 1.165) is 5.56 Å². The lowest BCUT2D eigenvalue weighted by atomic mass is 9.97. The van der Waals surface area contributed by atoms with Crippen LogP contribution in [0.2, 0.25) is 19.6 Å². The van der Waals surface area contributed by atoms with Crippen molar-refractivity contribution in [2.45, 2.75) is 32.1 Å². The van der Waals surface area contributed by atoms with Crippen molar-refractivity contribution in [2.75, 3.05) is 20.3 Å². The predicted molar refractivity (Wildman–Crippen MR) is 122 cm³/mol. The molecule has 164 valence electrons. The number of nitrogens with one attached hydrogen (secondary N) is 2. The van der Waals surface area contributed by atoms with E-state index in [1.54, 1.807) is 31.4 Å². The molecule has 31 heavy (non-hydrogen) atoms. The first kappa shape index (κ1) is 22.5. The minimum absolute atomic E-state index is 0.0203. The topological polar surface area (TPSA) is 87.7 Å². The van der Waals surface area contributed by atoms with Crippen LogP contribution in [0.1, 0.15) is 17.2 Å². The highest BCUT2D eigenvalue weighted by Crippen LogP contribution is 2.21. The fourth-order valence-corrected chi connectivity index (χ4v) is 4.57. The lowest BCUT2D eigenvalue weighted by molar-refractivity contribution is -0.120. The second-order valence-electron chi connectivity index (χ2n) is 8.70. The van der Waals surface area contributed by atoms with Crippen LogP contribution in [0.3, 0.4) is 0 Å². The molecule has 1 heterocycles. The van der Waals surface area contributed by atoms with Crippen molar-refractivity contribution in [3.8, 4) is 5.75 Å². The number of rotatable bonds is 7. The van der Waals surface area contributed by atoms with Gasteiger partial charge in [0.2, 0.25) is 5.91 Å². The lowest BCUT2D eigenvalue weighted by Crippen LogP contribution is -2.43. The number of benzene rings is 2. The summed E-state index contributed by atoms with van der Waals surface area (Å²) in [7, 11) is 0.155. The van der Waals surface area contributed by atoms with Gasteiger partial charge in [0.05, 0.1) is 21.9 Å². The molecule has 8 heteroatoms. The van der Waals surface area contributed by atoms with Crippen LogP contribution in [0.4, 0.5) is 4.79 Å². The fourth-order valence-electron chi connectivity index (χ4n) is 3.40. The Bertz CT molecular complexity index is 952. The fraction of sp³-hybridized carbons (Fsp3) is 0.348. The summed E-state index contributed by atoms with van der Waals surface area (Å²) in [6.07, 6.45) is 0.195. The van der Waals surface area contributed by atoms with Crippen molar-refractivity contribution in [1.82, 2.24) is 15.5 Å². The summed E-state index contributed by atoms with van der Waals surface area (Å²) in [5.41, 5.74) is 1.56. The first-order valence-corrected chi connectivity index (χ1v) is 13.8. The molecular formula is C23H29N3O4Si. The number of hydrogen-bond donors (Lipinski definition) is 2. The van der Waals surface area contributed by atoms with Gasteiger partial charge in [-0.3, -0.25) is 14.5 Å². The molecule has 1 saturated heterocycles. The maximum atomic E-state index is 13.2. The molecule has 2 aromatic rings. The molecule has 2 aromatic carbocycles.